The molecule has 3 aromatic carbocycles. The third kappa shape index (κ3) is 4.29. The fraction of sp³-hybridized carbons (Fsp3) is 0.167. The number of carbonyl (C=O) groups excluding carboxylic acids is 2. The third-order valence-corrected chi connectivity index (χ3v) is 5.04. The summed E-state index contributed by atoms with van der Waals surface area (Å²) < 4.78 is 0. The summed E-state index contributed by atoms with van der Waals surface area (Å²) in [6.07, 6.45) is 0. The quantitative estimate of drug-likeness (QED) is 0.690. The summed E-state index contributed by atoms with van der Waals surface area (Å²) in [5.41, 5.74) is 2.53. The van der Waals surface area contributed by atoms with Crippen LogP contribution in [-0.2, 0) is 6.54 Å². The van der Waals surface area contributed by atoms with E-state index in [-0.39, 0.29) is 18.0 Å². The Balaban J connectivity index is 1.55. The van der Waals surface area contributed by atoms with Gasteiger partial charge >= 0.3 is 6.03 Å². The number of rotatable bonds is 6. The lowest BCUT2D eigenvalue weighted by molar-refractivity contribution is 0.0786. The normalized spacial score (nSPS) is 16.1. The number of hydrogen-bond donors (Lipinski definition) is 1. The SMILES string of the molecule is O=C(c1ccccc1)N1C(=O)N(Cc2ccccc2)CC1CNc1ccccc1. The van der Waals surface area contributed by atoms with Gasteiger partial charge in [0.1, 0.15) is 0 Å². The Kier molecular flexibility index (Phi) is 5.56. The van der Waals surface area contributed by atoms with Gasteiger partial charge in [0, 0.05) is 30.9 Å². The molecule has 0 aromatic heterocycles. The molecule has 4 rings (SSSR count). The standard InChI is InChI=1S/C24H23N3O2/c28-23(20-12-6-2-7-13-20)27-22(16-25-21-14-8-3-9-15-21)18-26(24(27)29)17-19-10-4-1-5-11-19/h1-15,22,25H,16-18H2. The zero-order valence-electron chi connectivity index (χ0n) is 16.1. The lowest BCUT2D eigenvalue weighted by Gasteiger charge is -2.22. The fourth-order valence-electron chi connectivity index (χ4n) is 3.58. The van der Waals surface area contributed by atoms with Gasteiger partial charge in [-0.25, -0.2) is 4.79 Å². The number of nitrogens with zero attached hydrogens (tertiary/aromatic N) is 2. The van der Waals surface area contributed by atoms with E-state index in [1.54, 1.807) is 17.0 Å². The van der Waals surface area contributed by atoms with Crippen molar-refractivity contribution in [2.24, 2.45) is 0 Å². The maximum atomic E-state index is 13.1. The Morgan fingerprint density at radius 3 is 2.10 bits per heavy atom. The average molecular weight is 385 g/mol. The highest BCUT2D eigenvalue weighted by Gasteiger charge is 2.41. The topological polar surface area (TPSA) is 52.7 Å². The predicted molar refractivity (Wildman–Crippen MR) is 114 cm³/mol. The Labute approximate surface area is 170 Å². The first kappa shape index (κ1) is 18.7. The van der Waals surface area contributed by atoms with E-state index in [1.807, 2.05) is 78.9 Å². The van der Waals surface area contributed by atoms with E-state index in [0.29, 0.717) is 25.2 Å². The van der Waals surface area contributed by atoms with Crippen LogP contribution < -0.4 is 5.32 Å². The number of urea groups is 1. The number of hydrogen-bond acceptors (Lipinski definition) is 3. The molecule has 0 saturated carbocycles. The molecule has 5 heteroatoms. The van der Waals surface area contributed by atoms with Crippen molar-refractivity contribution in [3.63, 3.8) is 0 Å². The maximum Gasteiger partial charge on any atom is 0.327 e. The van der Waals surface area contributed by atoms with Gasteiger partial charge in [0.2, 0.25) is 0 Å². The molecule has 0 aliphatic carbocycles. The number of amides is 3. The van der Waals surface area contributed by atoms with Crippen molar-refractivity contribution < 1.29 is 9.59 Å². The summed E-state index contributed by atoms with van der Waals surface area (Å²) in [5, 5.41) is 3.36. The highest BCUT2D eigenvalue weighted by Crippen LogP contribution is 2.22. The van der Waals surface area contributed by atoms with Crippen LogP contribution in [0.15, 0.2) is 91.0 Å². The van der Waals surface area contributed by atoms with Crippen LogP contribution >= 0.6 is 0 Å². The van der Waals surface area contributed by atoms with E-state index >= 15 is 0 Å². The van der Waals surface area contributed by atoms with Crippen LogP contribution in [0.25, 0.3) is 0 Å². The van der Waals surface area contributed by atoms with Crippen LogP contribution in [0.5, 0.6) is 0 Å². The molecule has 3 aromatic rings. The molecule has 0 spiro atoms. The molecule has 5 nitrogen and oxygen atoms in total. The van der Waals surface area contributed by atoms with Crippen molar-refractivity contribution in [3.05, 3.63) is 102 Å². The van der Waals surface area contributed by atoms with Gasteiger partial charge in [0.25, 0.3) is 5.91 Å². The summed E-state index contributed by atoms with van der Waals surface area (Å²) in [6, 6.07) is 28.1. The highest BCUT2D eigenvalue weighted by molar-refractivity contribution is 6.05. The van der Waals surface area contributed by atoms with Crippen molar-refractivity contribution in [2.45, 2.75) is 12.6 Å². The van der Waals surface area contributed by atoms with Crippen LogP contribution in [0.3, 0.4) is 0 Å². The first-order valence-corrected chi connectivity index (χ1v) is 9.73. The van der Waals surface area contributed by atoms with Crippen LogP contribution in [0.4, 0.5) is 10.5 Å². The molecule has 1 aliphatic heterocycles. The Morgan fingerprint density at radius 2 is 1.45 bits per heavy atom. The molecule has 0 bridgehead atoms. The van der Waals surface area contributed by atoms with E-state index in [2.05, 4.69) is 5.32 Å². The van der Waals surface area contributed by atoms with Crippen molar-refractivity contribution >= 4 is 17.6 Å². The van der Waals surface area contributed by atoms with Crippen LogP contribution in [-0.4, -0.2) is 40.9 Å². The van der Waals surface area contributed by atoms with Crippen LogP contribution in [0.1, 0.15) is 15.9 Å². The number of carbonyl (C=O) groups is 2. The molecule has 146 valence electrons. The Hall–Kier alpha value is -3.60. The molecule has 29 heavy (non-hydrogen) atoms. The van der Waals surface area contributed by atoms with Gasteiger partial charge in [-0.05, 0) is 29.8 Å². The second-order valence-corrected chi connectivity index (χ2v) is 7.09. The van der Waals surface area contributed by atoms with Crippen molar-refractivity contribution in [3.8, 4) is 0 Å². The summed E-state index contributed by atoms with van der Waals surface area (Å²) in [5.74, 6) is -0.258. The van der Waals surface area contributed by atoms with E-state index in [0.717, 1.165) is 11.3 Å². The smallest absolute Gasteiger partial charge is 0.327 e. The van der Waals surface area contributed by atoms with E-state index in [1.165, 1.54) is 4.90 Å². The molecular weight excluding hydrogens is 362 g/mol. The third-order valence-electron chi connectivity index (χ3n) is 5.04. The van der Waals surface area contributed by atoms with E-state index < -0.39 is 0 Å². The first-order valence-electron chi connectivity index (χ1n) is 9.73. The number of para-hydroxylation sites is 1. The average Bonchev–Trinajstić information content (AvgIpc) is 3.09. The molecule has 3 amide bonds. The minimum Gasteiger partial charge on any atom is -0.383 e. The molecule has 1 atom stereocenters. The van der Waals surface area contributed by atoms with Gasteiger partial charge < -0.3 is 10.2 Å². The largest absolute Gasteiger partial charge is 0.383 e. The summed E-state index contributed by atoms with van der Waals surface area (Å²) in [7, 11) is 0. The van der Waals surface area contributed by atoms with Gasteiger partial charge in [0.05, 0.1) is 6.04 Å². The Morgan fingerprint density at radius 1 is 0.862 bits per heavy atom. The van der Waals surface area contributed by atoms with Crippen LogP contribution in [0.2, 0.25) is 0 Å². The lowest BCUT2D eigenvalue weighted by Crippen LogP contribution is -2.43. The molecule has 1 fully saturated rings. The van der Waals surface area contributed by atoms with Crippen molar-refractivity contribution in [1.29, 1.82) is 0 Å². The predicted octanol–water partition coefficient (Wildman–Crippen LogP) is 4.25. The van der Waals surface area contributed by atoms with Gasteiger partial charge in [0.15, 0.2) is 0 Å². The zero-order chi connectivity index (χ0) is 20.1. The molecule has 1 saturated heterocycles. The minimum atomic E-state index is -0.258. The van der Waals surface area contributed by atoms with Gasteiger partial charge in [-0.3, -0.25) is 9.69 Å². The summed E-state index contributed by atoms with van der Waals surface area (Å²) in [6.45, 7) is 1.48. The maximum absolute atomic E-state index is 13.1. The lowest BCUT2D eigenvalue weighted by atomic mass is 10.1. The minimum absolute atomic E-state index is 0.248. The van der Waals surface area contributed by atoms with Gasteiger partial charge in [-0.2, -0.15) is 0 Å². The number of nitrogens with one attached hydrogen (secondary N) is 1. The van der Waals surface area contributed by atoms with Gasteiger partial charge in [-0.15, -0.1) is 0 Å². The molecule has 0 radical (unpaired) electrons. The monoisotopic (exact) mass is 385 g/mol. The second-order valence-electron chi connectivity index (χ2n) is 7.09. The summed E-state index contributed by atoms with van der Waals surface area (Å²) >= 11 is 0. The van der Waals surface area contributed by atoms with Gasteiger partial charge in [-0.1, -0.05) is 66.7 Å². The molecule has 1 unspecified atom stereocenters. The zero-order valence-corrected chi connectivity index (χ0v) is 16.1. The second kappa shape index (κ2) is 8.61. The molecule has 1 aliphatic rings. The Bertz CT molecular complexity index is 961. The number of benzene rings is 3. The number of imide groups is 1. The van der Waals surface area contributed by atoms with E-state index in [9.17, 15) is 9.59 Å². The molecule has 1 N–H and O–H groups in total. The van der Waals surface area contributed by atoms with E-state index in [4.69, 9.17) is 0 Å². The molecule has 1 heterocycles. The fourth-order valence-corrected chi connectivity index (χ4v) is 3.58. The number of anilines is 1. The van der Waals surface area contributed by atoms with Crippen molar-refractivity contribution in [2.75, 3.05) is 18.4 Å². The van der Waals surface area contributed by atoms with Crippen LogP contribution in [0, 0.1) is 0 Å². The summed E-state index contributed by atoms with van der Waals surface area (Å²) in [4.78, 5) is 29.4. The first-order chi connectivity index (χ1) is 14.2. The highest BCUT2D eigenvalue weighted by atomic mass is 16.2. The molecular formula is C24H23N3O2. The van der Waals surface area contributed by atoms with Crippen molar-refractivity contribution in [1.82, 2.24) is 9.80 Å².